The largest absolute Gasteiger partial charge is 0.463 e. The predicted molar refractivity (Wildman–Crippen MR) is 101 cm³/mol. The number of nitrogens with one attached hydrogen (secondary N) is 3. The Morgan fingerprint density at radius 3 is 2.85 bits per heavy atom. The minimum absolute atomic E-state index is 0.163. The molecular weight excluding hydrogens is 400 g/mol. The number of rotatable bonds is 6. The lowest BCUT2D eigenvalue weighted by molar-refractivity contribution is -0.116. The van der Waals surface area contributed by atoms with E-state index in [9.17, 15) is 9.59 Å². The number of H-pyrrole nitrogens is 1. The third kappa shape index (κ3) is 4.40. The van der Waals surface area contributed by atoms with Crippen LogP contribution in [0, 0.1) is 6.92 Å². The molecule has 0 saturated carbocycles. The van der Waals surface area contributed by atoms with Crippen molar-refractivity contribution >= 4 is 33.4 Å². The average molecular weight is 417 g/mol. The number of aromatic nitrogens is 2. The third-order valence-electron chi connectivity index (χ3n) is 3.70. The van der Waals surface area contributed by atoms with Crippen molar-refractivity contribution in [3.05, 3.63) is 58.4 Å². The molecule has 0 fully saturated rings. The summed E-state index contributed by atoms with van der Waals surface area (Å²) in [4.78, 5) is 24.1. The lowest BCUT2D eigenvalue weighted by atomic mass is 10.2. The number of anilines is 1. The van der Waals surface area contributed by atoms with E-state index in [2.05, 4.69) is 36.8 Å². The number of benzene rings is 1. The van der Waals surface area contributed by atoms with Crippen molar-refractivity contribution in [3.63, 3.8) is 0 Å². The van der Waals surface area contributed by atoms with E-state index in [1.54, 1.807) is 24.5 Å². The van der Waals surface area contributed by atoms with Gasteiger partial charge in [-0.1, -0.05) is 15.9 Å². The number of furan rings is 1. The fraction of sp³-hybridized carbons (Fsp3) is 0.167. The Kier molecular flexibility index (Phi) is 5.52. The summed E-state index contributed by atoms with van der Waals surface area (Å²) in [5.74, 6) is 0.0708. The van der Waals surface area contributed by atoms with Crippen molar-refractivity contribution in [2.24, 2.45) is 0 Å². The smallest absolute Gasteiger partial charge is 0.271 e. The SMILES string of the molecule is Cc1cc(Br)ccc1NC(=O)CCNC(=O)c1cc(-c2ccco2)[nH]n1. The van der Waals surface area contributed by atoms with E-state index < -0.39 is 0 Å². The van der Waals surface area contributed by atoms with Crippen molar-refractivity contribution in [2.45, 2.75) is 13.3 Å². The maximum Gasteiger partial charge on any atom is 0.271 e. The summed E-state index contributed by atoms with van der Waals surface area (Å²) in [7, 11) is 0. The molecule has 8 heteroatoms. The van der Waals surface area contributed by atoms with Crippen molar-refractivity contribution in [1.82, 2.24) is 15.5 Å². The lowest BCUT2D eigenvalue weighted by Crippen LogP contribution is -2.28. The van der Waals surface area contributed by atoms with Crippen LogP contribution in [-0.2, 0) is 4.79 Å². The van der Waals surface area contributed by atoms with Crippen LogP contribution in [-0.4, -0.2) is 28.6 Å². The molecule has 0 spiro atoms. The summed E-state index contributed by atoms with van der Waals surface area (Å²) in [6, 6.07) is 10.7. The molecule has 3 aromatic rings. The van der Waals surface area contributed by atoms with Crippen molar-refractivity contribution in [1.29, 1.82) is 0 Å². The second kappa shape index (κ2) is 8.01. The molecular formula is C18H17BrN4O3. The quantitative estimate of drug-likeness (QED) is 0.572. The number of carbonyl (C=O) groups is 2. The van der Waals surface area contributed by atoms with Gasteiger partial charge in [-0.15, -0.1) is 0 Å². The van der Waals surface area contributed by atoms with Crippen molar-refractivity contribution in [3.8, 4) is 11.5 Å². The molecule has 3 rings (SSSR count). The number of hydrogen-bond acceptors (Lipinski definition) is 4. The lowest BCUT2D eigenvalue weighted by Gasteiger charge is -2.09. The van der Waals surface area contributed by atoms with Crippen LogP contribution in [0.25, 0.3) is 11.5 Å². The first-order valence-electron chi connectivity index (χ1n) is 7.96. The van der Waals surface area contributed by atoms with E-state index in [1.807, 2.05) is 25.1 Å². The first-order valence-corrected chi connectivity index (χ1v) is 8.76. The Morgan fingerprint density at radius 2 is 2.12 bits per heavy atom. The van der Waals surface area contributed by atoms with Gasteiger partial charge in [0.25, 0.3) is 5.91 Å². The molecule has 2 amide bonds. The molecule has 26 heavy (non-hydrogen) atoms. The number of aryl methyl sites for hydroxylation is 1. The highest BCUT2D eigenvalue weighted by Crippen LogP contribution is 2.20. The predicted octanol–water partition coefficient (Wildman–Crippen LogP) is 3.50. The van der Waals surface area contributed by atoms with E-state index in [-0.39, 0.29) is 30.5 Å². The van der Waals surface area contributed by atoms with E-state index in [0.29, 0.717) is 11.5 Å². The topological polar surface area (TPSA) is 100 Å². The van der Waals surface area contributed by atoms with E-state index in [4.69, 9.17) is 4.42 Å². The monoisotopic (exact) mass is 416 g/mol. The number of aromatic amines is 1. The van der Waals surface area contributed by atoms with Gasteiger partial charge in [0, 0.05) is 29.2 Å². The van der Waals surface area contributed by atoms with Gasteiger partial charge in [0.1, 0.15) is 5.69 Å². The Morgan fingerprint density at radius 1 is 1.27 bits per heavy atom. The van der Waals surface area contributed by atoms with Crippen molar-refractivity contribution < 1.29 is 14.0 Å². The second-order valence-corrected chi connectivity index (χ2v) is 6.57. The Balaban J connectivity index is 1.48. The maximum absolute atomic E-state index is 12.1. The second-order valence-electron chi connectivity index (χ2n) is 5.66. The van der Waals surface area contributed by atoms with Crippen molar-refractivity contribution in [2.75, 3.05) is 11.9 Å². The molecule has 2 aromatic heterocycles. The maximum atomic E-state index is 12.1. The molecule has 1 aromatic carbocycles. The molecule has 0 aliphatic carbocycles. The van der Waals surface area contributed by atoms with Gasteiger partial charge in [-0.25, -0.2) is 0 Å². The molecule has 134 valence electrons. The number of halogens is 1. The average Bonchev–Trinajstić information content (AvgIpc) is 3.28. The Hall–Kier alpha value is -2.87. The number of hydrogen-bond donors (Lipinski definition) is 3. The molecule has 0 radical (unpaired) electrons. The van der Waals surface area contributed by atoms with Crippen LogP contribution in [0.3, 0.4) is 0 Å². The zero-order chi connectivity index (χ0) is 18.5. The van der Waals surface area contributed by atoms with Gasteiger partial charge >= 0.3 is 0 Å². The van der Waals surface area contributed by atoms with Gasteiger partial charge in [-0.3, -0.25) is 14.7 Å². The van der Waals surface area contributed by atoms with Gasteiger partial charge in [0.15, 0.2) is 11.5 Å². The van der Waals surface area contributed by atoms with Crippen LogP contribution in [0.5, 0.6) is 0 Å². The van der Waals surface area contributed by atoms with Gasteiger partial charge < -0.3 is 15.1 Å². The van der Waals surface area contributed by atoms with Crippen LogP contribution in [0.2, 0.25) is 0 Å². The normalized spacial score (nSPS) is 10.5. The van der Waals surface area contributed by atoms with E-state index in [0.717, 1.165) is 15.7 Å². The Bertz CT molecular complexity index is 918. The highest BCUT2D eigenvalue weighted by atomic mass is 79.9. The summed E-state index contributed by atoms with van der Waals surface area (Å²) in [6.45, 7) is 2.12. The molecule has 3 N–H and O–H groups in total. The summed E-state index contributed by atoms with van der Waals surface area (Å²) >= 11 is 3.38. The summed E-state index contributed by atoms with van der Waals surface area (Å²) in [6.07, 6.45) is 1.71. The molecule has 0 unspecified atom stereocenters. The summed E-state index contributed by atoms with van der Waals surface area (Å²) in [5, 5.41) is 12.2. The zero-order valence-electron chi connectivity index (χ0n) is 14.0. The molecule has 0 aliphatic rings. The number of carbonyl (C=O) groups excluding carboxylic acids is 2. The Labute approximate surface area is 158 Å². The molecule has 7 nitrogen and oxygen atoms in total. The highest BCUT2D eigenvalue weighted by molar-refractivity contribution is 9.10. The minimum Gasteiger partial charge on any atom is -0.463 e. The van der Waals surface area contributed by atoms with Gasteiger partial charge in [-0.05, 0) is 42.8 Å². The molecule has 0 bridgehead atoms. The first kappa shape index (κ1) is 17.9. The van der Waals surface area contributed by atoms with E-state index in [1.165, 1.54) is 0 Å². The fourth-order valence-corrected chi connectivity index (χ4v) is 2.83. The third-order valence-corrected chi connectivity index (χ3v) is 4.19. The highest BCUT2D eigenvalue weighted by Gasteiger charge is 2.13. The summed E-state index contributed by atoms with van der Waals surface area (Å²) < 4.78 is 6.19. The summed E-state index contributed by atoms with van der Waals surface area (Å²) in [5.41, 5.74) is 2.56. The van der Waals surface area contributed by atoms with Gasteiger partial charge in [0.05, 0.1) is 6.26 Å². The number of nitrogens with zero attached hydrogens (tertiary/aromatic N) is 1. The van der Waals surface area contributed by atoms with Crippen LogP contribution >= 0.6 is 15.9 Å². The van der Waals surface area contributed by atoms with Gasteiger partial charge in [0.2, 0.25) is 5.91 Å². The standard InChI is InChI=1S/C18H17BrN4O3/c1-11-9-12(19)4-5-13(11)21-17(24)6-7-20-18(25)15-10-14(22-23-15)16-3-2-8-26-16/h2-5,8-10H,6-7H2,1H3,(H,20,25)(H,21,24)(H,22,23). The van der Waals surface area contributed by atoms with Crippen LogP contribution < -0.4 is 10.6 Å². The molecule has 0 aliphatic heterocycles. The number of amides is 2. The molecule has 0 saturated heterocycles. The minimum atomic E-state index is -0.355. The van der Waals surface area contributed by atoms with Crippen LogP contribution in [0.15, 0.2) is 51.6 Å². The zero-order valence-corrected chi connectivity index (χ0v) is 15.6. The van der Waals surface area contributed by atoms with Crippen LogP contribution in [0.1, 0.15) is 22.5 Å². The van der Waals surface area contributed by atoms with Crippen LogP contribution in [0.4, 0.5) is 5.69 Å². The van der Waals surface area contributed by atoms with Gasteiger partial charge in [-0.2, -0.15) is 5.10 Å². The fourth-order valence-electron chi connectivity index (χ4n) is 2.36. The molecule has 2 heterocycles. The van der Waals surface area contributed by atoms with E-state index >= 15 is 0 Å². The molecule has 0 atom stereocenters. The first-order chi connectivity index (χ1) is 12.5.